The molecule has 0 amide bonds. The van der Waals surface area contributed by atoms with E-state index in [1.54, 1.807) is 26.2 Å². The Labute approximate surface area is 79.4 Å². The van der Waals surface area contributed by atoms with Crippen LogP contribution in [-0.2, 0) is 11.3 Å². The van der Waals surface area contributed by atoms with E-state index in [1.807, 2.05) is 0 Å². The van der Waals surface area contributed by atoms with E-state index in [9.17, 15) is 4.21 Å². The number of nitrogens with zero attached hydrogens (tertiary/aromatic N) is 1. The Bertz CT molecular complexity index is 321. The lowest BCUT2D eigenvalue weighted by molar-refractivity contribution is 0.471. The third kappa shape index (κ3) is 2.06. The molecule has 0 heterocycles. The second kappa shape index (κ2) is 3.45. The summed E-state index contributed by atoms with van der Waals surface area (Å²) < 4.78 is 19.8. The Morgan fingerprint density at radius 2 is 1.69 bits per heavy atom. The summed E-state index contributed by atoms with van der Waals surface area (Å²) in [7, 11) is 3.23. The van der Waals surface area contributed by atoms with Crippen molar-refractivity contribution in [1.82, 2.24) is 3.89 Å². The van der Waals surface area contributed by atoms with Gasteiger partial charge in [0.1, 0.15) is 11.4 Å². The third-order valence-electron chi connectivity index (χ3n) is 1.86. The predicted molar refractivity (Wildman–Crippen MR) is 52.5 cm³/mol. The van der Waals surface area contributed by atoms with Gasteiger partial charge in [-0.3, -0.25) is 4.55 Å². The summed E-state index contributed by atoms with van der Waals surface area (Å²) in [5, 5.41) is 9.02. The van der Waals surface area contributed by atoms with Crippen molar-refractivity contribution in [3.63, 3.8) is 0 Å². The molecular formula is C8H12NO3S+. The van der Waals surface area contributed by atoms with Crippen LogP contribution in [-0.4, -0.2) is 28.0 Å². The van der Waals surface area contributed by atoms with Crippen LogP contribution in [0.5, 0.6) is 5.75 Å². The average molecular weight is 202 g/mol. The minimum Gasteiger partial charge on any atom is -0.508 e. The Morgan fingerprint density at radius 1 is 1.23 bits per heavy atom. The molecule has 0 aromatic heterocycles. The van der Waals surface area contributed by atoms with Crippen LogP contribution in [0, 0.1) is 0 Å². The van der Waals surface area contributed by atoms with Crippen molar-refractivity contribution < 1.29 is 13.9 Å². The summed E-state index contributed by atoms with van der Waals surface area (Å²) in [5.41, 5.74) is 0.665. The molecule has 0 aliphatic heterocycles. The number of rotatable bonds is 2. The summed E-state index contributed by atoms with van der Waals surface area (Å²) in [5.74, 6) is 0.146. The molecule has 2 N–H and O–H groups in total. The van der Waals surface area contributed by atoms with E-state index in [0.717, 1.165) is 0 Å². The van der Waals surface area contributed by atoms with Crippen molar-refractivity contribution >= 4 is 17.0 Å². The zero-order valence-corrected chi connectivity index (χ0v) is 8.28. The van der Waals surface area contributed by atoms with Crippen LogP contribution in [0.25, 0.3) is 0 Å². The number of benzene rings is 1. The van der Waals surface area contributed by atoms with Gasteiger partial charge < -0.3 is 5.11 Å². The lowest BCUT2D eigenvalue weighted by atomic mass is 10.3. The highest BCUT2D eigenvalue weighted by atomic mass is 32.2. The van der Waals surface area contributed by atoms with E-state index in [0.29, 0.717) is 5.69 Å². The number of aromatic hydroxyl groups is 1. The number of hydrogen-bond donors (Lipinski definition) is 2. The van der Waals surface area contributed by atoms with Crippen molar-refractivity contribution in [3.8, 4) is 5.75 Å². The fourth-order valence-corrected chi connectivity index (χ4v) is 1.20. The molecule has 5 heteroatoms. The van der Waals surface area contributed by atoms with Crippen molar-refractivity contribution in [2.45, 2.75) is 0 Å². The molecule has 0 radical (unpaired) electrons. The maximum absolute atomic E-state index is 10.9. The number of phenols is 1. The van der Waals surface area contributed by atoms with Gasteiger partial charge in [0.15, 0.2) is 0 Å². The topological polar surface area (TPSA) is 57.5 Å². The van der Waals surface area contributed by atoms with Crippen molar-refractivity contribution in [2.75, 3.05) is 14.1 Å². The van der Waals surface area contributed by atoms with Gasteiger partial charge in [0.2, 0.25) is 0 Å². The van der Waals surface area contributed by atoms with Crippen LogP contribution in [0.4, 0.5) is 5.69 Å². The maximum Gasteiger partial charge on any atom is 0.363 e. The van der Waals surface area contributed by atoms with Crippen molar-refractivity contribution in [3.05, 3.63) is 24.3 Å². The van der Waals surface area contributed by atoms with Crippen LogP contribution < -0.4 is 3.89 Å². The predicted octanol–water partition coefficient (Wildman–Crippen LogP) is 1.10. The summed E-state index contributed by atoms with van der Waals surface area (Å²) in [6.45, 7) is 0. The quantitative estimate of drug-likeness (QED) is 0.557. The molecule has 4 nitrogen and oxygen atoms in total. The first kappa shape index (κ1) is 10.2. The monoisotopic (exact) mass is 202 g/mol. The van der Waals surface area contributed by atoms with E-state index in [2.05, 4.69) is 0 Å². The lowest BCUT2D eigenvalue weighted by Gasteiger charge is -2.22. The number of phenolic OH excluding ortho intramolecular Hbond substituents is 1. The molecule has 0 spiro atoms. The Kier molecular flexibility index (Phi) is 2.70. The Hall–Kier alpha value is -0.910. The van der Waals surface area contributed by atoms with Gasteiger partial charge in [0, 0.05) is 12.1 Å². The van der Waals surface area contributed by atoms with E-state index in [1.165, 1.54) is 12.1 Å². The normalized spacial score (nSPS) is 14.1. The van der Waals surface area contributed by atoms with Crippen LogP contribution in [0.1, 0.15) is 0 Å². The van der Waals surface area contributed by atoms with Crippen LogP contribution >= 0.6 is 0 Å². The number of quaternary nitrogens is 1. The standard InChI is InChI=1S/C8H11NO3S/c1-9(2,13(11)12)7-3-5-8(10)6-4-7/h3-6H,1-2H3,(H-,10,11,12)/p+1. The molecule has 13 heavy (non-hydrogen) atoms. The molecule has 1 aromatic carbocycles. The average Bonchev–Trinajstić information content (AvgIpc) is 2.04. The minimum absolute atomic E-state index is 0.139. The summed E-state index contributed by atoms with van der Waals surface area (Å²) in [4.78, 5) is 0. The first-order chi connectivity index (χ1) is 5.94. The number of hydrogen-bond acceptors (Lipinski definition) is 2. The summed E-state index contributed by atoms with van der Waals surface area (Å²) in [6, 6.07) is 6.21. The smallest absolute Gasteiger partial charge is 0.363 e. The van der Waals surface area contributed by atoms with Crippen molar-refractivity contribution in [2.24, 2.45) is 0 Å². The summed E-state index contributed by atoms with van der Waals surface area (Å²) >= 11 is -1.98. The molecule has 1 unspecified atom stereocenters. The van der Waals surface area contributed by atoms with Gasteiger partial charge in [0.05, 0.1) is 14.1 Å². The molecule has 1 atom stereocenters. The molecule has 72 valence electrons. The van der Waals surface area contributed by atoms with Crippen molar-refractivity contribution in [1.29, 1.82) is 0 Å². The Morgan fingerprint density at radius 3 is 2.08 bits per heavy atom. The molecular weight excluding hydrogens is 190 g/mol. The van der Waals surface area contributed by atoms with Crippen LogP contribution in [0.2, 0.25) is 0 Å². The summed E-state index contributed by atoms with van der Waals surface area (Å²) in [6.07, 6.45) is 0. The van der Waals surface area contributed by atoms with Gasteiger partial charge in [-0.25, -0.2) is 0 Å². The van der Waals surface area contributed by atoms with E-state index < -0.39 is 11.3 Å². The Balaban J connectivity index is 3.08. The van der Waals surface area contributed by atoms with Gasteiger partial charge >= 0.3 is 11.3 Å². The highest BCUT2D eigenvalue weighted by Gasteiger charge is 2.26. The molecule has 0 saturated heterocycles. The highest BCUT2D eigenvalue weighted by molar-refractivity contribution is 7.78. The molecule has 0 aliphatic rings. The van der Waals surface area contributed by atoms with Crippen LogP contribution in [0.3, 0.4) is 0 Å². The zero-order valence-electron chi connectivity index (χ0n) is 7.47. The van der Waals surface area contributed by atoms with E-state index in [4.69, 9.17) is 9.66 Å². The molecule has 0 bridgehead atoms. The molecule has 1 rings (SSSR count). The van der Waals surface area contributed by atoms with Gasteiger partial charge in [0.25, 0.3) is 0 Å². The minimum atomic E-state index is -1.98. The molecule has 0 aliphatic carbocycles. The first-order valence-corrected chi connectivity index (χ1v) is 4.76. The largest absolute Gasteiger partial charge is 0.508 e. The van der Waals surface area contributed by atoms with Gasteiger partial charge in [-0.05, 0) is 12.1 Å². The van der Waals surface area contributed by atoms with Gasteiger partial charge in [-0.15, -0.1) is 0 Å². The fraction of sp³-hybridized carbons (Fsp3) is 0.250. The fourth-order valence-electron chi connectivity index (χ4n) is 0.902. The van der Waals surface area contributed by atoms with Gasteiger partial charge in [-0.2, -0.15) is 8.10 Å². The van der Waals surface area contributed by atoms with Crippen LogP contribution in [0.15, 0.2) is 24.3 Å². The molecule has 0 fully saturated rings. The molecule has 1 aromatic rings. The first-order valence-electron chi connectivity index (χ1n) is 3.69. The van der Waals surface area contributed by atoms with Gasteiger partial charge in [-0.1, -0.05) is 0 Å². The van der Waals surface area contributed by atoms with E-state index in [-0.39, 0.29) is 9.64 Å². The third-order valence-corrected chi connectivity index (χ3v) is 2.85. The zero-order chi connectivity index (χ0) is 10.1. The second-order valence-corrected chi connectivity index (χ2v) is 4.47. The highest BCUT2D eigenvalue weighted by Crippen LogP contribution is 2.22. The van der Waals surface area contributed by atoms with E-state index >= 15 is 0 Å². The lowest BCUT2D eigenvalue weighted by Crippen LogP contribution is -2.41. The maximum atomic E-state index is 10.9. The second-order valence-electron chi connectivity index (χ2n) is 3.10. The SMILES string of the molecule is C[N+](C)(c1ccc(O)cc1)S(=O)O. The molecule has 0 saturated carbocycles.